The minimum Gasteiger partial charge on any atom is -0.302 e. The van der Waals surface area contributed by atoms with Crippen molar-refractivity contribution in [2.75, 3.05) is 6.54 Å². The summed E-state index contributed by atoms with van der Waals surface area (Å²) < 4.78 is 0. The Balaban J connectivity index is 2.28. The van der Waals surface area contributed by atoms with E-state index >= 15 is 0 Å². The van der Waals surface area contributed by atoms with E-state index in [1.807, 2.05) is 30.3 Å². The summed E-state index contributed by atoms with van der Waals surface area (Å²) in [5, 5.41) is 0. The largest absolute Gasteiger partial charge is 0.302 e. The average molecular weight is 291 g/mol. The zero-order valence-corrected chi connectivity index (χ0v) is 12.2. The first kappa shape index (κ1) is 15.4. The molecule has 0 bridgehead atoms. The predicted molar refractivity (Wildman–Crippen MR) is 88.2 cm³/mol. The van der Waals surface area contributed by atoms with Crippen LogP contribution in [0.1, 0.15) is 15.9 Å². The molecule has 1 amide bonds. The summed E-state index contributed by atoms with van der Waals surface area (Å²) in [5.41, 5.74) is 1.63. The van der Waals surface area contributed by atoms with E-state index in [0.29, 0.717) is 11.3 Å². The summed E-state index contributed by atoms with van der Waals surface area (Å²) in [4.78, 5) is 26.2. The summed E-state index contributed by atoms with van der Waals surface area (Å²) in [6.07, 6.45) is 1.57. The van der Waals surface area contributed by atoms with Crippen LogP contribution in [-0.4, -0.2) is 23.1 Å². The molecule has 0 radical (unpaired) electrons. The lowest BCUT2D eigenvalue weighted by Gasteiger charge is -2.23. The topological polar surface area (TPSA) is 37.4 Å². The average Bonchev–Trinajstić information content (AvgIpc) is 2.59. The summed E-state index contributed by atoms with van der Waals surface area (Å²) in [7, 11) is 0. The fourth-order valence-corrected chi connectivity index (χ4v) is 2.07. The predicted octanol–water partition coefficient (Wildman–Crippen LogP) is 3.55. The molecule has 0 N–H and O–H groups in total. The maximum Gasteiger partial charge on any atom is 0.299 e. The number of ketones is 1. The number of amides is 1. The van der Waals surface area contributed by atoms with Gasteiger partial charge in [-0.2, -0.15) is 0 Å². The van der Waals surface area contributed by atoms with Crippen LogP contribution in [0.4, 0.5) is 0 Å². The summed E-state index contributed by atoms with van der Waals surface area (Å²) >= 11 is 0. The van der Waals surface area contributed by atoms with Gasteiger partial charge in [-0.1, -0.05) is 73.3 Å². The highest BCUT2D eigenvalue weighted by molar-refractivity contribution is 6.43. The Labute approximate surface area is 130 Å². The van der Waals surface area contributed by atoms with E-state index < -0.39 is 11.7 Å². The van der Waals surface area contributed by atoms with Crippen LogP contribution in [0.25, 0.3) is 5.70 Å². The van der Waals surface area contributed by atoms with Crippen molar-refractivity contribution in [2.45, 2.75) is 0 Å². The minimum atomic E-state index is -0.611. The highest BCUT2D eigenvalue weighted by Gasteiger charge is 2.24. The van der Waals surface area contributed by atoms with Crippen molar-refractivity contribution >= 4 is 17.4 Å². The van der Waals surface area contributed by atoms with Crippen LogP contribution in [0.5, 0.6) is 0 Å². The highest BCUT2D eigenvalue weighted by Crippen LogP contribution is 2.18. The lowest BCUT2D eigenvalue weighted by molar-refractivity contribution is -0.123. The summed E-state index contributed by atoms with van der Waals surface area (Å²) in [5.74, 6) is -1.17. The van der Waals surface area contributed by atoms with Gasteiger partial charge in [0.1, 0.15) is 0 Å². The molecule has 3 nitrogen and oxygen atoms in total. The fraction of sp³-hybridized carbons (Fsp3) is 0.0526. The van der Waals surface area contributed by atoms with Crippen LogP contribution in [0, 0.1) is 0 Å². The number of rotatable bonds is 6. The van der Waals surface area contributed by atoms with Gasteiger partial charge in [0, 0.05) is 17.8 Å². The quantitative estimate of drug-likeness (QED) is 0.463. The molecule has 22 heavy (non-hydrogen) atoms. The van der Waals surface area contributed by atoms with Crippen LogP contribution in [-0.2, 0) is 4.79 Å². The van der Waals surface area contributed by atoms with Crippen molar-refractivity contribution in [3.05, 3.63) is 91.0 Å². The number of nitrogens with zero attached hydrogens (tertiary/aromatic N) is 1. The molecule has 3 heteroatoms. The lowest BCUT2D eigenvalue weighted by Crippen LogP contribution is -2.35. The molecule has 0 atom stereocenters. The maximum atomic E-state index is 12.5. The first-order chi connectivity index (χ1) is 10.6. The number of carbonyl (C=O) groups is 2. The van der Waals surface area contributed by atoms with Gasteiger partial charge in [0.15, 0.2) is 0 Å². The van der Waals surface area contributed by atoms with Crippen molar-refractivity contribution in [3.63, 3.8) is 0 Å². The van der Waals surface area contributed by atoms with Gasteiger partial charge in [0.2, 0.25) is 0 Å². The van der Waals surface area contributed by atoms with Crippen molar-refractivity contribution in [1.29, 1.82) is 0 Å². The molecule has 2 aromatic rings. The molecule has 0 heterocycles. The molecule has 110 valence electrons. The Hall–Kier alpha value is -2.94. The first-order valence-corrected chi connectivity index (χ1v) is 6.91. The van der Waals surface area contributed by atoms with Crippen LogP contribution >= 0.6 is 0 Å². The Bertz CT molecular complexity index is 690. The van der Waals surface area contributed by atoms with Crippen molar-refractivity contribution in [3.8, 4) is 0 Å². The molecule has 0 saturated heterocycles. The van der Waals surface area contributed by atoms with E-state index in [1.165, 1.54) is 4.90 Å². The molecule has 0 aliphatic carbocycles. The lowest BCUT2D eigenvalue weighted by atomic mass is 10.1. The third kappa shape index (κ3) is 3.38. The maximum absolute atomic E-state index is 12.5. The fourth-order valence-electron chi connectivity index (χ4n) is 2.07. The standard InChI is InChI=1S/C19H17NO2/c1-3-14-20(15(2)16-10-6-4-7-11-16)19(22)18(21)17-12-8-5-9-13-17/h3-13H,1-2,14H2. The van der Waals surface area contributed by atoms with Crippen LogP contribution in [0.15, 0.2) is 79.9 Å². The van der Waals surface area contributed by atoms with Crippen molar-refractivity contribution in [2.24, 2.45) is 0 Å². The number of Topliss-reactive ketones (excluding diaryl/α,β-unsaturated/α-hetero) is 1. The van der Waals surface area contributed by atoms with Gasteiger partial charge in [0.05, 0.1) is 0 Å². The van der Waals surface area contributed by atoms with Gasteiger partial charge in [-0.05, 0) is 5.56 Å². The molecule has 2 aromatic carbocycles. The Morgan fingerprint density at radius 1 is 0.909 bits per heavy atom. The van der Waals surface area contributed by atoms with Gasteiger partial charge in [0.25, 0.3) is 11.7 Å². The van der Waals surface area contributed by atoms with E-state index in [2.05, 4.69) is 13.2 Å². The highest BCUT2D eigenvalue weighted by atomic mass is 16.2. The van der Waals surface area contributed by atoms with E-state index in [9.17, 15) is 9.59 Å². The monoisotopic (exact) mass is 291 g/mol. The zero-order valence-electron chi connectivity index (χ0n) is 12.2. The second-order valence-corrected chi connectivity index (χ2v) is 4.71. The molecule has 0 unspecified atom stereocenters. The normalized spacial score (nSPS) is 9.82. The Morgan fingerprint density at radius 3 is 1.91 bits per heavy atom. The van der Waals surface area contributed by atoms with Crippen molar-refractivity contribution in [1.82, 2.24) is 4.90 Å². The molecular weight excluding hydrogens is 274 g/mol. The van der Waals surface area contributed by atoms with Crippen LogP contribution in [0.2, 0.25) is 0 Å². The molecule has 0 fully saturated rings. The molecule has 2 rings (SSSR count). The van der Waals surface area contributed by atoms with E-state index in [1.54, 1.807) is 36.4 Å². The van der Waals surface area contributed by atoms with E-state index in [4.69, 9.17) is 0 Å². The summed E-state index contributed by atoms with van der Waals surface area (Å²) in [6.45, 7) is 7.82. The van der Waals surface area contributed by atoms with Crippen molar-refractivity contribution < 1.29 is 9.59 Å². The minimum absolute atomic E-state index is 0.227. The molecule has 0 aromatic heterocycles. The molecule has 0 spiro atoms. The Kier molecular flexibility index (Phi) is 5.04. The summed E-state index contributed by atoms with van der Waals surface area (Å²) in [6, 6.07) is 17.8. The van der Waals surface area contributed by atoms with Gasteiger partial charge < -0.3 is 4.90 Å². The van der Waals surface area contributed by atoms with E-state index in [-0.39, 0.29) is 6.54 Å². The second-order valence-electron chi connectivity index (χ2n) is 4.71. The first-order valence-electron chi connectivity index (χ1n) is 6.91. The molecule has 0 aliphatic rings. The van der Waals surface area contributed by atoms with Gasteiger partial charge in [-0.15, -0.1) is 6.58 Å². The van der Waals surface area contributed by atoms with Gasteiger partial charge in [-0.25, -0.2) is 0 Å². The third-order valence-corrected chi connectivity index (χ3v) is 3.22. The van der Waals surface area contributed by atoms with E-state index in [0.717, 1.165) is 5.56 Å². The molecule has 0 saturated carbocycles. The Morgan fingerprint density at radius 2 is 1.41 bits per heavy atom. The van der Waals surface area contributed by atoms with Gasteiger partial charge in [-0.3, -0.25) is 9.59 Å². The van der Waals surface area contributed by atoms with Crippen LogP contribution < -0.4 is 0 Å². The number of carbonyl (C=O) groups excluding carboxylic acids is 2. The SMILES string of the molecule is C=CCN(C(=C)c1ccccc1)C(=O)C(=O)c1ccccc1. The second kappa shape index (κ2) is 7.18. The molecule has 0 aliphatic heterocycles. The van der Waals surface area contributed by atoms with Crippen LogP contribution in [0.3, 0.4) is 0 Å². The molecular formula is C19H17NO2. The number of benzene rings is 2. The smallest absolute Gasteiger partial charge is 0.299 e. The van der Waals surface area contributed by atoms with Gasteiger partial charge >= 0.3 is 0 Å². The number of hydrogen-bond donors (Lipinski definition) is 0. The third-order valence-electron chi connectivity index (χ3n) is 3.22. The number of hydrogen-bond acceptors (Lipinski definition) is 2. The zero-order chi connectivity index (χ0) is 15.9.